The third kappa shape index (κ3) is 9.40. The number of alkyl carbamates (subject to hydrolysis) is 1. The summed E-state index contributed by atoms with van der Waals surface area (Å²) < 4.78 is 10.1. The van der Waals surface area contributed by atoms with Crippen molar-refractivity contribution in [1.29, 1.82) is 0 Å². The van der Waals surface area contributed by atoms with Crippen LogP contribution in [0.15, 0.2) is 42.5 Å². The Hall–Kier alpha value is -4.28. The largest absolute Gasteiger partial charge is 0.508 e. The van der Waals surface area contributed by atoms with E-state index in [2.05, 4.69) is 15.4 Å². The molecule has 0 aliphatic heterocycles. The highest BCUT2D eigenvalue weighted by Crippen LogP contribution is 2.34. The molecular weight excluding hydrogens is 530 g/mol. The van der Waals surface area contributed by atoms with Crippen LogP contribution < -0.4 is 10.6 Å². The first-order valence-electron chi connectivity index (χ1n) is 13.4. The maximum atomic E-state index is 14.4. The van der Waals surface area contributed by atoms with Crippen LogP contribution in [0.2, 0.25) is 0 Å². The van der Waals surface area contributed by atoms with Crippen molar-refractivity contribution in [2.45, 2.75) is 78.1 Å². The number of phenolic OH excluding ortho intramolecular Hbond substituents is 2. The number of phenols is 2. The fourth-order valence-corrected chi connectivity index (χ4v) is 4.14. The summed E-state index contributed by atoms with van der Waals surface area (Å²) in [7, 11) is 1.18. The number of rotatable bonds is 11. The van der Waals surface area contributed by atoms with Crippen molar-refractivity contribution in [3.63, 3.8) is 0 Å². The molecule has 0 saturated carbocycles. The predicted molar refractivity (Wildman–Crippen MR) is 152 cm³/mol. The smallest absolute Gasteiger partial charge is 0.408 e. The minimum Gasteiger partial charge on any atom is -0.508 e. The highest BCUT2D eigenvalue weighted by atomic mass is 16.6. The number of carbonyl (C=O) groups is 4. The molecule has 2 aromatic carbocycles. The summed E-state index contributed by atoms with van der Waals surface area (Å²) in [4.78, 5) is 54.0. The average Bonchev–Trinajstić information content (AvgIpc) is 2.91. The van der Waals surface area contributed by atoms with Gasteiger partial charge in [-0.05, 0) is 64.3 Å². The van der Waals surface area contributed by atoms with Gasteiger partial charge in [0.1, 0.15) is 35.7 Å². The summed E-state index contributed by atoms with van der Waals surface area (Å²) in [5.41, 5.74) is 0.432. The van der Waals surface area contributed by atoms with Gasteiger partial charge < -0.3 is 35.2 Å². The number of methoxy groups -OCH3 is 1. The van der Waals surface area contributed by atoms with Crippen LogP contribution >= 0.6 is 0 Å². The summed E-state index contributed by atoms with van der Waals surface area (Å²) >= 11 is 0. The fraction of sp³-hybridized carbons (Fsp3) is 0.467. The van der Waals surface area contributed by atoms with Gasteiger partial charge in [-0.3, -0.25) is 14.4 Å². The number of hydrogen-bond donors (Lipinski definition) is 4. The number of hydrogen-bond acceptors (Lipinski definition) is 8. The molecule has 0 bridgehead atoms. The first-order chi connectivity index (χ1) is 19.2. The van der Waals surface area contributed by atoms with E-state index in [9.17, 15) is 29.4 Å². The maximum absolute atomic E-state index is 14.4. The Bertz CT molecular complexity index is 1220. The minimum atomic E-state index is -1.36. The molecule has 11 heteroatoms. The second kappa shape index (κ2) is 14.4. The van der Waals surface area contributed by atoms with E-state index in [1.165, 1.54) is 30.2 Å². The third-order valence-electron chi connectivity index (χ3n) is 6.41. The lowest BCUT2D eigenvalue weighted by molar-refractivity contribution is -0.146. The Morgan fingerprint density at radius 1 is 1.02 bits per heavy atom. The number of benzene rings is 2. The van der Waals surface area contributed by atoms with Gasteiger partial charge in [-0.2, -0.15) is 0 Å². The second-order valence-electron chi connectivity index (χ2n) is 10.8. The van der Waals surface area contributed by atoms with Gasteiger partial charge in [-0.1, -0.05) is 37.3 Å². The second-order valence-corrected chi connectivity index (χ2v) is 10.8. The van der Waals surface area contributed by atoms with Gasteiger partial charge in [-0.15, -0.1) is 0 Å². The summed E-state index contributed by atoms with van der Waals surface area (Å²) in [6.07, 6.45) is -0.386. The minimum absolute atomic E-state index is 0.0155. The molecule has 2 rings (SSSR count). The zero-order valence-electron chi connectivity index (χ0n) is 24.7. The zero-order valence-corrected chi connectivity index (χ0v) is 24.7. The molecule has 3 atom stereocenters. The summed E-state index contributed by atoms with van der Waals surface area (Å²) in [5, 5.41) is 25.8. The number of carbonyl (C=O) groups excluding carboxylic acids is 4. The van der Waals surface area contributed by atoms with Crippen LogP contribution in [0.25, 0.3) is 0 Å². The molecule has 0 aliphatic carbocycles. The normalized spacial score (nSPS) is 13.3. The van der Waals surface area contributed by atoms with E-state index in [0.717, 1.165) is 0 Å². The molecular formula is C30H41N3O8. The molecule has 2 aromatic rings. The van der Waals surface area contributed by atoms with Gasteiger partial charge in [0.2, 0.25) is 11.8 Å². The zero-order chi connectivity index (χ0) is 30.9. The molecule has 41 heavy (non-hydrogen) atoms. The summed E-state index contributed by atoms with van der Waals surface area (Å²) in [6.45, 7) is 9.87. The number of ether oxygens (including phenoxy) is 2. The van der Waals surface area contributed by atoms with Crippen molar-refractivity contribution < 1.29 is 38.9 Å². The third-order valence-corrected chi connectivity index (χ3v) is 6.41. The number of aromatic hydroxyl groups is 2. The molecule has 0 heterocycles. The maximum Gasteiger partial charge on any atom is 0.408 e. The average molecular weight is 572 g/mol. The number of nitrogens with zero attached hydrogens (tertiary/aromatic N) is 1. The standard InChI is InChI=1S/C30H41N3O8/c1-8-19(3)33(25(27(37)31-17-24(35)40-7)22-11-9-10-18(2)26(22)36)28(38)23(32-29(39)41-30(4,5)6)16-20-12-14-21(34)15-13-20/h9-15,19,23,25,34,36H,8,16-17H2,1-7H3,(H,31,37)(H,32,39). The molecule has 3 amide bonds. The molecule has 11 nitrogen and oxygen atoms in total. The van der Waals surface area contributed by atoms with Crippen molar-refractivity contribution in [1.82, 2.24) is 15.5 Å². The number of aryl methyl sites for hydroxylation is 1. The molecule has 224 valence electrons. The highest BCUT2D eigenvalue weighted by molar-refractivity contribution is 5.94. The number of nitrogens with one attached hydrogen (secondary N) is 2. The SMILES string of the molecule is CCC(C)N(C(=O)C(Cc1ccc(O)cc1)NC(=O)OC(C)(C)C)C(C(=O)NCC(=O)OC)c1cccc(C)c1O. The molecule has 0 spiro atoms. The van der Waals surface area contributed by atoms with E-state index in [-0.39, 0.29) is 23.5 Å². The van der Waals surface area contributed by atoms with Gasteiger partial charge in [-0.25, -0.2) is 4.79 Å². The molecule has 0 aliphatic rings. The monoisotopic (exact) mass is 571 g/mol. The number of esters is 1. The fourth-order valence-electron chi connectivity index (χ4n) is 4.14. The van der Waals surface area contributed by atoms with E-state index in [1.54, 1.807) is 58.9 Å². The predicted octanol–water partition coefficient (Wildman–Crippen LogP) is 3.50. The van der Waals surface area contributed by atoms with E-state index in [1.807, 2.05) is 6.92 Å². The van der Waals surface area contributed by atoms with Crippen LogP contribution in [0.5, 0.6) is 11.5 Å². The van der Waals surface area contributed by atoms with Crippen LogP contribution in [-0.4, -0.2) is 70.3 Å². The first kappa shape index (κ1) is 32.9. The van der Waals surface area contributed by atoms with Crippen molar-refractivity contribution in [3.8, 4) is 11.5 Å². The van der Waals surface area contributed by atoms with Crippen molar-refractivity contribution >= 4 is 23.9 Å². The van der Waals surface area contributed by atoms with Crippen LogP contribution in [-0.2, 0) is 30.3 Å². The lowest BCUT2D eigenvalue weighted by atomic mass is 9.96. The van der Waals surface area contributed by atoms with Crippen LogP contribution in [0, 0.1) is 6.92 Å². The van der Waals surface area contributed by atoms with Gasteiger partial charge in [0.15, 0.2) is 0 Å². The first-order valence-corrected chi connectivity index (χ1v) is 13.4. The quantitative estimate of drug-likeness (QED) is 0.299. The van der Waals surface area contributed by atoms with Crippen LogP contribution in [0.3, 0.4) is 0 Å². The van der Waals surface area contributed by atoms with Gasteiger partial charge in [0, 0.05) is 18.0 Å². The number of amides is 3. The number of para-hydroxylation sites is 1. The van der Waals surface area contributed by atoms with E-state index in [4.69, 9.17) is 4.74 Å². The van der Waals surface area contributed by atoms with Crippen molar-refractivity contribution in [2.75, 3.05) is 13.7 Å². The Morgan fingerprint density at radius 3 is 2.22 bits per heavy atom. The summed E-state index contributed by atoms with van der Waals surface area (Å²) in [6, 6.07) is 7.92. The Labute approximate surface area is 240 Å². The highest BCUT2D eigenvalue weighted by Gasteiger charge is 2.40. The lowest BCUT2D eigenvalue weighted by Crippen LogP contribution is -2.56. The van der Waals surface area contributed by atoms with E-state index >= 15 is 0 Å². The Kier molecular flexibility index (Phi) is 11.5. The topological polar surface area (TPSA) is 154 Å². The molecule has 4 N–H and O–H groups in total. The van der Waals surface area contributed by atoms with Crippen LogP contribution in [0.1, 0.15) is 63.8 Å². The van der Waals surface area contributed by atoms with Gasteiger partial charge in [0.05, 0.1) is 7.11 Å². The summed E-state index contributed by atoms with van der Waals surface area (Å²) in [5.74, 6) is -2.16. The van der Waals surface area contributed by atoms with Gasteiger partial charge in [0.25, 0.3) is 0 Å². The van der Waals surface area contributed by atoms with Gasteiger partial charge >= 0.3 is 12.1 Å². The molecule has 0 fully saturated rings. The Balaban J connectivity index is 2.64. The molecule has 0 saturated heterocycles. The van der Waals surface area contributed by atoms with Crippen molar-refractivity contribution in [2.24, 2.45) is 0 Å². The molecule has 0 aromatic heterocycles. The van der Waals surface area contributed by atoms with Crippen LogP contribution in [0.4, 0.5) is 4.79 Å². The molecule has 0 radical (unpaired) electrons. The van der Waals surface area contributed by atoms with E-state index in [0.29, 0.717) is 17.5 Å². The Morgan fingerprint density at radius 2 is 1.66 bits per heavy atom. The lowest BCUT2D eigenvalue weighted by Gasteiger charge is -2.38. The van der Waals surface area contributed by atoms with E-state index < -0.39 is 54.1 Å². The van der Waals surface area contributed by atoms with Crippen molar-refractivity contribution in [3.05, 3.63) is 59.2 Å². The molecule has 3 unspecified atom stereocenters.